The summed E-state index contributed by atoms with van der Waals surface area (Å²) in [5, 5.41) is 57.5. The van der Waals surface area contributed by atoms with Crippen molar-refractivity contribution in [2.24, 2.45) is 0 Å². The maximum Gasteiger partial charge on any atom is 0.306 e. The third kappa shape index (κ3) is 57.3. The van der Waals surface area contributed by atoms with Crippen molar-refractivity contribution in [1.29, 1.82) is 0 Å². The Morgan fingerprint density at radius 2 is 0.726 bits per heavy atom. The zero-order chi connectivity index (χ0) is 68.8. The van der Waals surface area contributed by atoms with E-state index in [2.05, 4.69) is 99.0 Å². The Labute approximate surface area is 584 Å². The largest absolute Gasteiger partial charge is 0.454 e. The van der Waals surface area contributed by atoms with Crippen LogP contribution in [0.4, 0.5) is 0 Å². The Hall–Kier alpha value is -3.16. The molecule has 0 spiro atoms. The van der Waals surface area contributed by atoms with E-state index in [1.165, 1.54) is 238 Å². The van der Waals surface area contributed by atoms with Gasteiger partial charge in [0.2, 0.25) is 5.91 Å². The van der Waals surface area contributed by atoms with Gasteiger partial charge in [-0.05, 0) is 103 Å². The molecule has 1 fully saturated rings. The quantitative estimate of drug-likeness (QED) is 0.0195. The molecule has 8 unspecified atom stereocenters. The van der Waals surface area contributed by atoms with Crippen molar-refractivity contribution in [3.05, 3.63) is 85.1 Å². The van der Waals surface area contributed by atoms with Crippen LogP contribution in [-0.2, 0) is 23.8 Å². The molecule has 1 heterocycles. The number of carbonyl (C=O) groups excluding carboxylic acids is 2. The van der Waals surface area contributed by atoms with Gasteiger partial charge < -0.3 is 45.1 Å². The molecule has 0 aliphatic carbocycles. The zero-order valence-corrected chi connectivity index (χ0v) is 61.8. The number of rotatable bonds is 70. The van der Waals surface area contributed by atoms with E-state index in [1.807, 2.05) is 6.08 Å². The second kappa shape index (κ2) is 70.7. The first-order chi connectivity index (χ1) is 46.7. The standard InChI is InChI=1S/C84H151NO10/c1-4-7-10-13-16-19-22-25-27-29-31-33-35-37-39-41-43-45-47-49-51-54-57-60-63-66-69-72-79(89)95-82-81(91)80(90)78(73-86)94-84(82)93-74-75(76(87)70-67-64-61-58-55-52-24-21-18-15-12-9-6-3)85-83(92)77(88)71-68-65-62-59-56-53-50-48-46-44-42-40-38-36-34-32-30-28-26-23-20-17-14-11-8-5-2/h16-17,19-20,25-28,32,34,38,40,67,70,75-78,80-82,84,86-88,90-91H,4-15,18,21-24,29-31,33,35-37,39,41-66,68-69,71-74H2,1-3H3,(H,85,92)/b19-16-,20-17-,27-25-,28-26-,34-32-,40-38-,70-67+. The minimum absolute atomic E-state index is 0.124. The van der Waals surface area contributed by atoms with Crippen LogP contribution < -0.4 is 5.32 Å². The number of amides is 1. The molecule has 0 saturated carbocycles. The second-order valence-corrected chi connectivity index (χ2v) is 27.8. The first-order valence-electron chi connectivity index (χ1n) is 40.4. The normalized spacial score (nSPS) is 18.2. The first kappa shape index (κ1) is 89.9. The van der Waals surface area contributed by atoms with E-state index >= 15 is 0 Å². The number of allylic oxidation sites excluding steroid dienone is 13. The summed E-state index contributed by atoms with van der Waals surface area (Å²) in [7, 11) is 0. The number of unbranched alkanes of at least 4 members (excludes halogenated alkanes) is 44. The van der Waals surface area contributed by atoms with E-state index in [9.17, 15) is 35.1 Å². The fourth-order valence-electron chi connectivity index (χ4n) is 12.4. The molecule has 11 heteroatoms. The summed E-state index contributed by atoms with van der Waals surface area (Å²) in [6, 6.07) is -1.03. The van der Waals surface area contributed by atoms with E-state index < -0.39 is 67.4 Å². The van der Waals surface area contributed by atoms with Crippen LogP contribution in [0.1, 0.15) is 374 Å². The predicted molar refractivity (Wildman–Crippen MR) is 402 cm³/mol. The molecule has 6 N–H and O–H groups in total. The molecule has 1 aliphatic rings. The van der Waals surface area contributed by atoms with Gasteiger partial charge >= 0.3 is 5.97 Å². The topological polar surface area (TPSA) is 175 Å². The van der Waals surface area contributed by atoms with Crippen molar-refractivity contribution in [1.82, 2.24) is 5.32 Å². The summed E-state index contributed by atoms with van der Waals surface area (Å²) in [4.78, 5) is 26.8. The number of hydrogen-bond acceptors (Lipinski definition) is 10. The van der Waals surface area contributed by atoms with E-state index in [0.29, 0.717) is 12.8 Å². The molecule has 0 aromatic carbocycles. The van der Waals surface area contributed by atoms with Crippen LogP contribution in [0, 0.1) is 0 Å². The first-order valence-corrected chi connectivity index (χ1v) is 40.4. The minimum atomic E-state index is -1.62. The molecular formula is C84H151NO10. The summed E-state index contributed by atoms with van der Waals surface area (Å²) in [6.45, 7) is 5.79. The van der Waals surface area contributed by atoms with Gasteiger partial charge in [-0.3, -0.25) is 9.59 Å². The lowest BCUT2D eigenvalue weighted by molar-refractivity contribution is -0.305. The van der Waals surface area contributed by atoms with Crippen molar-refractivity contribution in [2.75, 3.05) is 13.2 Å². The highest BCUT2D eigenvalue weighted by Crippen LogP contribution is 2.27. The molecule has 11 nitrogen and oxygen atoms in total. The molecule has 552 valence electrons. The molecule has 1 amide bonds. The molecule has 1 aliphatic heterocycles. The van der Waals surface area contributed by atoms with E-state index in [0.717, 1.165) is 89.9 Å². The number of nitrogens with one attached hydrogen (secondary N) is 1. The van der Waals surface area contributed by atoms with Crippen molar-refractivity contribution in [3.8, 4) is 0 Å². The number of aliphatic hydroxyl groups is 5. The average molecular weight is 1340 g/mol. The Balaban J connectivity index is 2.51. The summed E-state index contributed by atoms with van der Waals surface area (Å²) in [5.41, 5.74) is 0. The van der Waals surface area contributed by atoms with Crippen molar-refractivity contribution >= 4 is 11.9 Å². The van der Waals surface area contributed by atoms with Gasteiger partial charge in [0.15, 0.2) is 12.4 Å². The molecular weight excluding hydrogens is 1180 g/mol. The summed E-state index contributed by atoms with van der Waals surface area (Å²) in [6.07, 6.45) is 84.9. The summed E-state index contributed by atoms with van der Waals surface area (Å²) in [5.74, 6) is -1.19. The van der Waals surface area contributed by atoms with Crippen molar-refractivity contribution in [3.63, 3.8) is 0 Å². The molecule has 8 atom stereocenters. The monoisotopic (exact) mass is 1330 g/mol. The molecule has 1 rings (SSSR count). The Morgan fingerprint density at radius 1 is 0.411 bits per heavy atom. The maximum atomic E-state index is 13.5. The van der Waals surface area contributed by atoms with Gasteiger partial charge in [0.1, 0.15) is 24.4 Å². The fourth-order valence-corrected chi connectivity index (χ4v) is 12.4. The van der Waals surface area contributed by atoms with Crippen molar-refractivity contribution in [2.45, 2.75) is 423 Å². The molecule has 0 bridgehead atoms. The Morgan fingerprint density at radius 3 is 1.11 bits per heavy atom. The minimum Gasteiger partial charge on any atom is -0.454 e. The summed E-state index contributed by atoms with van der Waals surface area (Å²) >= 11 is 0. The van der Waals surface area contributed by atoms with Crippen LogP contribution in [0.5, 0.6) is 0 Å². The Bertz CT molecular complexity index is 1880. The lowest BCUT2D eigenvalue weighted by atomic mass is 9.99. The van der Waals surface area contributed by atoms with Crippen LogP contribution in [0.3, 0.4) is 0 Å². The van der Waals surface area contributed by atoms with Gasteiger partial charge in [0, 0.05) is 6.42 Å². The van der Waals surface area contributed by atoms with Gasteiger partial charge in [0.05, 0.1) is 25.4 Å². The predicted octanol–water partition coefficient (Wildman–Crippen LogP) is 22.0. The molecule has 0 aromatic rings. The molecule has 95 heavy (non-hydrogen) atoms. The number of carbonyl (C=O) groups is 2. The third-order valence-electron chi connectivity index (χ3n) is 18.8. The van der Waals surface area contributed by atoms with Crippen LogP contribution in [0.2, 0.25) is 0 Å². The number of hydrogen-bond donors (Lipinski definition) is 6. The van der Waals surface area contributed by atoms with Crippen molar-refractivity contribution < 1.29 is 49.3 Å². The number of aliphatic hydroxyl groups excluding tert-OH is 5. The lowest BCUT2D eigenvalue weighted by Crippen LogP contribution is -2.61. The van der Waals surface area contributed by atoms with Gasteiger partial charge in [-0.2, -0.15) is 0 Å². The van der Waals surface area contributed by atoms with Gasteiger partial charge in [-0.25, -0.2) is 0 Å². The van der Waals surface area contributed by atoms with Crippen LogP contribution in [0.15, 0.2) is 85.1 Å². The number of esters is 1. The molecule has 0 aromatic heterocycles. The summed E-state index contributed by atoms with van der Waals surface area (Å²) < 4.78 is 17.8. The zero-order valence-electron chi connectivity index (χ0n) is 61.8. The van der Waals surface area contributed by atoms with Crippen LogP contribution in [-0.4, -0.2) is 99.6 Å². The van der Waals surface area contributed by atoms with Gasteiger partial charge in [0.25, 0.3) is 0 Å². The highest BCUT2D eigenvalue weighted by atomic mass is 16.7. The average Bonchev–Trinajstić information content (AvgIpc) is 0.829. The number of ether oxygens (including phenoxy) is 3. The van der Waals surface area contributed by atoms with Gasteiger partial charge in [-0.15, -0.1) is 0 Å². The second-order valence-electron chi connectivity index (χ2n) is 27.8. The van der Waals surface area contributed by atoms with E-state index in [-0.39, 0.29) is 19.4 Å². The van der Waals surface area contributed by atoms with Crippen LogP contribution in [0.25, 0.3) is 0 Å². The van der Waals surface area contributed by atoms with Crippen LogP contribution >= 0.6 is 0 Å². The maximum absolute atomic E-state index is 13.5. The molecule has 1 saturated heterocycles. The third-order valence-corrected chi connectivity index (χ3v) is 18.8. The SMILES string of the molecule is CCCCC/C=C\C/C=C\C/C=C\C/C=C\CCCCCCCCCCCCC(O)C(=O)NC(COC1OC(CO)C(O)C(O)C1OC(=O)CCCCCCCCCCCCCCCCCCC/C=C\C/C=C\CCCCC)C(O)/C=C/CCCCCCCCCCCCC. The Kier molecular flexibility index (Phi) is 66.9. The smallest absolute Gasteiger partial charge is 0.306 e. The fraction of sp³-hybridized carbons (Fsp3) is 0.810. The highest BCUT2D eigenvalue weighted by molar-refractivity contribution is 5.80. The highest BCUT2D eigenvalue weighted by Gasteiger charge is 2.47. The van der Waals surface area contributed by atoms with E-state index in [4.69, 9.17) is 14.2 Å². The lowest BCUT2D eigenvalue weighted by Gasteiger charge is -2.41. The molecule has 0 radical (unpaired) electrons. The van der Waals surface area contributed by atoms with Gasteiger partial charge in [-0.1, -0.05) is 350 Å². The van der Waals surface area contributed by atoms with E-state index in [1.54, 1.807) is 6.08 Å².